The van der Waals surface area contributed by atoms with E-state index in [1.165, 1.54) is 12.0 Å². The van der Waals surface area contributed by atoms with Crippen LogP contribution in [0.25, 0.3) is 0 Å². The molecular formula is C16H24N2O6. The Bertz CT molecular complexity index is 487. The molecule has 0 radical (unpaired) electrons. The van der Waals surface area contributed by atoms with Gasteiger partial charge >= 0.3 is 12.1 Å². The minimum Gasteiger partial charge on any atom is -0.467 e. The van der Waals surface area contributed by atoms with Gasteiger partial charge in [-0.25, -0.2) is 9.59 Å². The molecule has 2 aliphatic heterocycles. The predicted octanol–water partition coefficient (Wildman–Crippen LogP) is 0.564. The molecule has 2 heterocycles. The third-order valence-corrected chi connectivity index (χ3v) is 4.29. The van der Waals surface area contributed by atoms with E-state index in [4.69, 9.17) is 14.2 Å². The average molecular weight is 340 g/mol. The van der Waals surface area contributed by atoms with E-state index in [1.807, 2.05) is 0 Å². The molecule has 0 saturated carbocycles. The SMILES string of the molecule is C=CCOCCC(=O)N1CCC(N2C(=O)OC[C@H]2C(=O)OC)CC1. The second kappa shape index (κ2) is 8.68. The van der Waals surface area contributed by atoms with Crippen molar-refractivity contribution in [2.75, 3.05) is 40.0 Å². The van der Waals surface area contributed by atoms with Gasteiger partial charge in [0.2, 0.25) is 5.91 Å². The lowest BCUT2D eigenvalue weighted by molar-refractivity contribution is -0.146. The summed E-state index contributed by atoms with van der Waals surface area (Å²) in [6.07, 6.45) is 2.70. The number of ether oxygens (including phenoxy) is 3. The van der Waals surface area contributed by atoms with Crippen LogP contribution in [-0.2, 0) is 23.8 Å². The van der Waals surface area contributed by atoms with Crippen molar-refractivity contribution < 1.29 is 28.6 Å². The largest absolute Gasteiger partial charge is 0.467 e. The molecule has 2 amide bonds. The molecule has 134 valence electrons. The molecule has 0 spiro atoms. The van der Waals surface area contributed by atoms with Gasteiger partial charge in [0.05, 0.1) is 26.7 Å². The van der Waals surface area contributed by atoms with Gasteiger partial charge in [-0.2, -0.15) is 0 Å². The topological polar surface area (TPSA) is 85.4 Å². The number of amides is 2. The van der Waals surface area contributed by atoms with E-state index in [0.29, 0.717) is 45.6 Å². The van der Waals surface area contributed by atoms with Crippen molar-refractivity contribution in [1.29, 1.82) is 0 Å². The van der Waals surface area contributed by atoms with Gasteiger partial charge in [0.1, 0.15) is 6.61 Å². The number of esters is 1. The first-order chi connectivity index (χ1) is 11.6. The number of piperidine rings is 1. The highest BCUT2D eigenvalue weighted by atomic mass is 16.6. The van der Waals surface area contributed by atoms with E-state index in [0.717, 1.165) is 0 Å². The van der Waals surface area contributed by atoms with Gasteiger partial charge in [0, 0.05) is 19.1 Å². The normalized spacial score (nSPS) is 21.5. The Morgan fingerprint density at radius 3 is 2.71 bits per heavy atom. The van der Waals surface area contributed by atoms with E-state index >= 15 is 0 Å². The van der Waals surface area contributed by atoms with Crippen molar-refractivity contribution in [3.63, 3.8) is 0 Å². The number of nitrogens with zero attached hydrogens (tertiary/aromatic N) is 2. The molecule has 8 heteroatoms. The fourth-order valence-corrected chi connectivity index (χ4v) is 3.03. The van der Waals surface area contributed by atoms with Crippen LogP contribution in [0.4, 0.5) is 4.79 Å². The zero-order chi connectivity index (χ0) is 17.5. The summed E-state index contributed by atoms with van der Waals surface area (Å²) in [5, 5.41) is 0. The summed E-state index contributed by atoms with van der Waals surface area (Å²) >= 11 is 0. The summed E-state index contributed by atoms with van der Waals surface area (Å²) in [5.74, 6) is -0.440. The number of likely N-dealkylation sites (tertiary alicyclic amines) is 1. The molecule has 2 rings (SSSR count). The lowest BCUT2D eigenvalue weighted by Crippen LogP contribution is -2.52. The third kappa shape index (κ3) is 4.25. The van der Waals surface area contributed by atoms with Crippen LogP contribution in [0.1, 0.15) is 19.3 Å². The van der Waals surface area contributed by atoms with Gasteiger partial charge in [-0.1, -0.05) is 6.08 Å². The zero-order valence-electron chi connectivity index (χ0n) is 13.9. The lowest BCUT2D eigenvalue weighted by Gasteiger charge is -2.37. The minimum atomic E-state index is -0.693. The fourth-order valence-electron chi connectivity index (χ4n) is 3.03. The van der Waals surface area contributed by atoms with Gasteiger partial charge in [-0.15, -0.1) is 6.58 Å². The number of rotatable bonds is 7. The smallest absolute Gasteiger partial charge is 0.410 e. The van der Waals surface area contributed by atoms with E-state index in [2.05, 4.69) is 6.58 Å². The van der Waals surface area contributed by atoms with Crippen molar-refractivity contribution in [1.82, 2.24) is 9.80 Å². The maximum atomic E-state index is 12.1. The number of carbonyl (C=O) groups excluding carboxylic acids is 3. The van der Waals surface area contributed by atoms with E-state index in [9.17, 15) is 14.4 Å². The molecule has 2 aliphatic rings. The average Bonchev–Trinajstić information content (AvgIpc) is 2.99. The molecule has 1 atom stereocenters. The van der Waals surface area contributed by atoms with E-state index < -0.39 is 18.1 Å². The van der Waals surface area contributed by atoms with Crippen LogP contribution >= 0.6 is 0 Å². The van der Waals surface area contributed by atoms with Crippen molar-refractivity contribution in [2.45, 2.75) is 31.3 Å². The number of methoxy groups -OCH3 is 1. The molecule has 2 saturated heterocycles. The molecule has 0 bridgehead atoms. The van der Waals surface area contributed by atoms with Crippen LogP contribution in [0.2, 0.25) is 0 Å². The Kier molecular flexibility index (Phi) is 6.60. The maximum absolute atomic E-state index is 12.1. The third-order valence-electron chi connectivity index (χ3n) is 4.29. The molecule has 0 aromatic heterocycles. The first kappa shape index (κ1) is 18.3. The number of cyclic esters (lactones) is 1. The molecular weight excluding hydrogens is 316 g/mol. The summed E-state index contributed by atoms with van der Waals surface area (Å²) in [5.41, 5.74) is 0. The lowest BCUT2D eigenvalue weighted by atomic mass is 10.0. The fraction of sp³-hybridized carbons (Fsp3) is 0.688. The molecule has 0 aliphatic carbocycles. The van der Waals surface area contributed by atoms with Crippen LogP contribution in [0.3, 0.4) is 0 Å². The maximum Gasteiger partial charge on any atom is 0.410 e. The molecule has 0 N–H and O–H groups in total. The highest BCUT2D eigenvalue weighted by molar-refractivity contribution is 5.84. The minimum absolute atomic E-state index is 0.0191. The van der Waals surface area contributed by atoms with Crippen LogP contribution in [-0.4, -0.2) is 79.9 Å². The first-order valence-electron chi connectivity index (χ1n) is 8.07. The van der Waals surface area contributed by atoms with E-state index in [-0.39, 0.29) is 18.6 Å². The van der Waals surface area contributed by atoms with Gasteiger partial charge in [-0.05, 0) is 12.8 Å². The van der Waals surface area contributed by atoms with Crippen LogP contribution < -0.4 is 0 Å². The van der Waals surface area contributed by atoms with Crippen LogP contribution in [0.15, 0.2) is 12.7 Å². The molecule has 0 aromatic rings. The summed E-state index contributed by atoms with van der Waals surface area (Å²) in [4.78, 5) is 39.0. The number of hydrogen-bond acceptors (Lipinski definition) is 6. The van der Waals surface area contributed by atoms with Gasteiger partial charge in [-0.3, -0.25) is 9.69 Å². The van der Waals surface area contributed by atoms with Crippen molar-refractivity contribution in [2.24, 2.45) is 0 Å². The Balaban J connectivity index is 1.83. The second-order valence-electron chi connectivity index (χ2n) is 5.75. The summed E-state index contributed by atoms with van der Waals surface area (Å²) in [6.45, 7) is 5.46. The second-order valence-corrected chi connectivity index (χ2v) is 5.75. The Hall–Kier alpha value is -2.09. The van der Waals surface area contributed by atoms with Crippen molar-refractivity contribution in [3.05, 3.63) is 12.7 Å². The Morgan fingerprint density at radius 1 is 1.38 bits per heavy atom. The van der Waals surface area contributed by atoms with Crippen molar-refractivity contribution >= 4 is 18.0 Å². The molecule has 0 unspecified atom stereocenters. The molecule has 24 heavy (non-hydrogen) atoms. The monoisotopic (exact) mass is 340 g/mol. The zero-order valence-corrected chi connectivity index (χ0v) is 13.9. The summed E-state index contributed by atoms with van der Waals surface area (Å²) in [7, 11) is 1.29. The van der Waals surface area contributed by atoms with Gasteiger partial charge in [0.15, 0.2) is 6.04 Å². The highest BCUT2D eigenvalue weighted by Gasteiger charge is 2.44. The summed E-state index contributed by atoms with van der Waals surface area (Å²) in [6, 6.07) is -0.813. The first-order valence-corrected chi connectivity index (χ1v) is 8.07. The Morgan fingerprint density at radius 2 is 2.08 bits per heavy atom. The molecule has 0 aromatic carbocycles. The quantitative estimate of drug-likeness (QED) is 0.382. The van der Waals surface area contributed by atoms with E-state index in [1.54, 1.807) is 11.0 Å². The Labute approximate surface area is 141 Å². The van der Waals surface area contributed by atoms with Crippen LogP contribution in [0.5, 0.6) is 0 Å². The molecule has 8 nitrogen and oxygen atoms in total. The number of hydrogen-bond donors (Lipinski definition) is 0. The molecule has 2 fully saturated rings. The standard InChI is InChI=1S/C16H24N2O6/c1-3-9-23-10-6-14(19)17-7-4-12(5-8-17)18-13(15(20)22-2)11-24-16(18)21/h3,12-13H,1,4-11H2,2H3/t13-/m0/s1. The van der Waals surface area contributed by atoms with Crippen molar-refractivity contribution in [3.8, 4) is 0 Å². The van der Waals surface area contributed by atoms with Crippen LogP contribution in [0, 0.1) is 0 Å². The number of carbonyl (C=O) groups is 3. The van der Waals surface area contributed by atoms with Gasteiger partial charge in [0.25, 0.3) is 0 Å². The predicted molar refractivity (Wildman–Crippen MR) is 84.2 cm³/mol. The van der Waals surface area contributed by atoms with Gasteiger partial charge < -0.3 is 19.1 Å². The summed E-state index contributed by atoms with van der Waals surface area (Å²) < 4.78 is 14.9. The highest BCUT2D eigenvalue weighted by Crippen LogP contribution is 2.24.